The lowest BCUT2D eigenvalue weighted by molar-refractivity contribution is -0.0885. The fourth-order valence-corrected chi connectivity index (χ4v) is 4.19. The van der Waals surface area contributed by atoms with Crippen LogP contribution in [0.25, 0.3) is 0 Å². The van der Waals surface area contributed by atoms with Crippen LogP contribution in [0.5, 0.6) is 0 Å². The first-order valence-electron chi connectivity index (χ1n) is 6.24. The summed E-state index contributed by atoms with van der Waals surface area (Å²) in [6.45, 7) is 0. The van der Waals surface area contributed by atoms with E-state index in [0.717, 1.165) is 28.2 Å². The minimum atomic E-state index is -5.22. The van der Waals surface area contributed by atoms with Crippen molar-refractivity contribution in [3.8, 4) is 0 Å². The lowest BCUT2D eigenvalue weighted by atomic mass is 10.1. The van der Waals surface area contributed by atoms with Crippen LogP contribution in [0.2, 0.25) is 0 Å². The number of alkyl halides is 3. The Hall–Kier alpha value is -1.50. The Balaban J connectivity index is 3.81. The van der Waals surface area contributed by atoms with Crippen LogP contribution in [-0.4, -0.2) is 65.6 Å². The molecule has 7 nitrogen and oxygen atoms in total. The summed E-state index contributed by atoms with van der Waals surface area (Å²) in [5, 5.41) is 0. The summed E-state index contributed by atoms with van der Waals surface area (Å²) < 4.78 is 88.1. The van der Waals surface area contributed by atoms with E-state index in [-0.39, 0.29) is 0 Å². The Bertz CT molecular complexity index is 859. The lowest BCUT2D eigenvalue weighted by Crippen LogP contribution is -2.29. The van der Waals surface area contributed by atoms with Gasteiger partial charge in [-0.05, 0) is 18.2 Å². The number of sulfonamides is 2. The number of rotatable bonds is 5. The summed E-state index contributed by atoms with van der Waals surface area (Å²) in [4.78, 5) is 9.69. The maximum atomic E-state index is 12.5. The van der Waals surface area contributed by atoms with Crippen molar-refractivity contribution in [2.24, 2.45) is 0 Å². The molecule has 0 unspecified atom stereocenters. The zero-order valence-corrected chi connectivity index (χ0v) is 14.8. The number of Topliss-reactive ketones (excluding diaryl/α,β-unsaturated/α-hetero) is 1. The quantitative estimate of drug-likeness (QED) is 0.700. The van der Waals surface area contributed by atoms with E-state index in [1.165, 1.54) is 0 Å². The molecule has 0 aliphatic rings. The summed E-state index contributed by atoms with van der Waals surface area (Å²) in [5.74, 6) is -2.27. The Morgan fingerprint density at radius 2 is 1.29 bits per heavy atom. The van der Waals surface area contributed by atoms with Crippen molar-refractivity contribution in [2.45, 2.75) is 16.0 Å². The number of benzene rings is 1. The van der Waals surface area contributed by atoms with Crippen LogP contribution in [-0.2, 0) is 20.0 Å². The molecule has 12 heteroatoms. The van der Waals surface area contributed by atoms with E-state index in [0.29, 0.717) is 26.8 Å². The van der Waals surface area contributed by atoms with E-state index in [9.17, 15) is 34.8 Å². The number of hydrogen-bond donors (Lipinski definition) is 0. The number of halogens is 3. The molecule has 0 amide bonds. The van der Waals surface area contributed by atoms with E-state index >= 15 is 0 Å². The minimum Gasteiger partial charge on any atom is -0.284 e. The van der Waals surface area contributed by atoms with Crippen LogP contribution >= 0.6 is 0 Å². The van der Waals surface area contributed by atoms with Gasteiger partial charge in [0.2, 0.25) is 20.0 Å². The van der Waals surface area contributed by atoms with Gasteiger partial charge in [0.25, 0.3) is 5.78 Å². The zero-order chi connectivity index (χ0) is 19.1. The van der Waals surface area contributed by atoms with Crippen LogP contribution in [0, 0.1) is 0 Å². The van der Waals surface area contributed by atoms with Crippen LogP contribution < -0.4 is 0 Å². The average molecular weight is 388 g/mol. The highest BCUT2D eigenvalue weighted by Crippen LogP contribution is 2.29. The van der Waals surface area contributed by atoms with Crippen molar-refractivity contribution in [1.82, 2.24) is 8.61 Å². The number of ketones is 1. The van der Waals surface area contributed by atoms with E-state index in [1.54, 1.807) is 0 Å². The molecule has 0 aromatic heterocycles. The summed E-state index contributed by atoms with van der Waals surface area (Å²) >= 11 is 0. The Labute approximate surface area is 137 Å². The zero-order valence-electron chi connectivity index (χ0n) is 13.1. The van der Waals surface area contributed by atoms with Gasteiger partial charge >= 0.3 is 6.18 Å². The van der Waals surface area contributed by atoms with Crippen LogP contribution in [0.15, 0.2) is 28.0 Å². The van der Waals surface area contributed by atoms with Gasteiger partial charge in [-0.25, -0.2) is 25.4 Å². The average Bonchev–Trinajstić information content (AvgIpc) is 2.44. The first-order valence-corrected chi connectivity index (χ1v) is 9.12. The Morgan fingerprint density at radius 3 is 1.67 bits per heavy atom. The molecule has 0 saturated heterocycles. The summed E-state index contributed by atoms with van der Waals surface area (Å²) in [7, 11) is -4.25. The summed E-state index contributed by atoms with van der Waals surface area (Å²) in [5.41, 5.74) is -0.972. The second-order valence-corrected chi connectivity index (χ2v) is 9.30. The molecule has 0 saturated carbocycles. The maximum Gasteiger partial charge on any atom is 0.454 e. The predicted octanol–water partition coefficient (Wildman–Crippen LogP) is 0.932. The molecule has 0 atom stereocenters. The number of nitrogens with zero attached hydrogens (tertiary/aromatic N) is 2. The number of carbonyl (C=O) groups is 1. The highest BCUT2D eigenvalue weighted by molar-refractivity contribution is 7.92. The molecule has 0 aliphatic heterocycles. The highest BCUT2D eigenvalue weighted by atomic mass is 32.2. The van der Waals surface area contributed by atoms with Crippen molar-refractivity contribution >= 4 is 25.8 Å². The molecule has 24 heavy (non-hydrogen) atoms. The molecule has 0 aliphatic carbocycles. The first kappa shape index (κ1) is 20.5. The smallest absolute Gasteiger partial charge is 0.284 e. The summed E-state index contributed by atoms with van der Waals surface area (Å²) in [6, 6.07) is 1.72. The van der Waals surface area contributed by atoms with Crippen molar-refractivity contribution in [3.05, 3.63) is 23.8 Å². The minimum absolute atomic E-state index is 0.418. The Morgan fingerprint density at radius 1 is 0.875 bits per heavy atom. The molecule has 0 bridgehead atoms. The van der Waals surface area contributed by atoms with Crippen molar-refractivity contribution in [3.63, 3.8) is 0 Å². The molecule has 1 aromatic rings. The van der Waals surface area contributed by atoms with Gasteiger partial charge in [0, 0.05) is 33.8 Å². The van der Waals surface area contributed by atoms with Gasteiger partial charge in [-0.1, -0.05) is 0 Å². The second kappa shape index (κ2) is 6.43. The third-order valence-corrected chi connectivity index (χ3v) is 6.84. The van der Waals surface area contributed by atoms with E-state index in [1.807, 2.05) is 0 Å². The van der Waals surface area contributed by atoms with Gasteiger partial charge in [0.15, 0.2) is 0 Å². The maximum absolute atomic E-state index is 12.5. The molecule has 0 radical (unpaired) electrons. The molecule has 1 aromatic carbocycles. The Kier molecular flexibility index (Phi) is 5.50. The summed E-state index contributed by atoms with van der Waals surface area (Å²) in [6.07, 6.45) is -5.22. The molecule has 0 fully saturated rings. The standard InChI is InChI=1S/C12H15F3N2O5S2/c1-16(2)23(19,20)9-6-5-8(11(18)12(13,14)15)7-10(9)24(21,22)17(3)4/h5-7H,1-4H3. The number of hydrogen-bond acceptors (Lipinski definition) is 5. The van der Waals surface area contributed by atoms with Gasteiger partial charge in [-0.3, -0.25) is 4.79 Å². The van der Waals surface area contributed by atoms with E-state index in [2.05, 4.69) is 0 Å². The second-order valence-electron chi connectivity index (χ2n) is 5.06. The van der Waals surface area contributed by atoms with Crippen molar-refractivity contribution in [1.29, 1.82) is 0 Å². The first-order chi connectivity index (χ1) is 10.6. The highest BCUT2D eigenvalue weighted by Gasteiger charge is 2.40. The fourth-order valence-electron chi connectivity index (χ4n) is 1.62. The van der Waals surface area contributed by atoms with Gasteiger partial charge < -0.3 is 0 Å². The van der Waals surface area contributed by atoms with Crippen molar-refractivity contribution in [2.75, 3.05) is 28.2 Å². The van der Waals surface area contributed by atoms with Crippen LogP contribution in [0.3, 0.4) is 0 Å². The third kappa shape index (κ3) is 3.77. The van der Waals surface area contributed by atoms with E-state index < -0.39 is 47.4 Å². The largest absolute Gasteiger partial charge is 0.454 e. The van der Waals surface area contributed by atoms with Gasteiger partial charge in [0.1, 0.15) is 9.79 Å². The molecule has 0 N–H and O–H groups in total. The molecule has 1 rings (SSSR count). The van der Waals surface area contributed by atoms with E-state index in [4.69, 9.17) is 0 Å². The third-order valence-electron chi connectivity index (χ3n) is 2.98. The van der Waals surface area contributed by atoms with Gasteiger partial charge in [-0.2, -0.15) is 13.2 Å². The lowest BCUT2D eigenvalue weighted by Gasteiger charge is -2.19. The predicted molar refractivity (Wildman–Crippen MR) is 78.6 cm³/mol. The molecular formula is C12H15F3N2O5S2. The van der Waals surface area contributed by atoms with Gasteiger partial charge in [-0.15, -0.1) is 0 Å². The molecule has 136 valence electrons. The molecule has 0 heterocycles. The monoisotopic (exact) mass is 388 g/mol. The van der Waals surface area contributed by atoms with Crippen molar-refractivity contribution < 1.29 is 34.8 Å². The number of carbonyl (C=O) groups excluding carboxylic acids is 1. The van der Waals surface area contributed by atoms with Crippen LogP contribution in [0.1, 0.15) is 10.4 Å². The van der Waals surface area contributed by atoms with Gasteiger partial charge in [0.05, 0.1) is 0 Å². The van der Waals surface area contributed by atoms with Crippen LogP contribution in [0.4, 0.5) is 13.2 Å². The molecular weight excluding hydrogens is 373 g/mol. The normalized spacial score (nSPS) is 13.5. The molecule has 0 spiro atoms. The fraction of sp³-hybridized carbons (Fsp3) is 0.417. The SMILES string of the molecule is CN(C)S(=O)(=O)c1ccc(C(=O)C(F)(F)F)cc1S(=O)(=O)N(C)C. The topological polar surface area (TPSA) is 91.8 Å².